The summed E-state index contributed by atoms with van der Waals surface area (Å²) in [5.41, 5.74) is 7.15. The molecule has 3 aromatic carbocycles. The fraction of sp³-hybridized carbons (Fsp3) is 0.235. The molecular weight excluding hydrogens is 514 g/mol. The van der Waals surface area contributed by atoms with E-state index in [0.29, 0.717) is 37.3 Å². The Morgan fingerprint density at radius 1 is 0.951 bits per heavy atom. The number of fused-ring (bicyclic) bond motifs is 1. The van der Waals surface area contributed by atoms with Crippen molar-refractivity contribution in [2.24, 2.45) is 5.92 Å². The van der Waals surface area contributed by atoms with E-state index >= 15 is 0 Å². The van der Waals surface area contributed by atoms with Crippen LogP contribution in [0.3, 0.4) is 0 Å². The van der Waals surface area contributed by atoms with Crippen molar-refractivity contribution < 1.29 is 19.1 Å². The fourth-order valence-corrected chi connectivity index (χ4v) is 5.80. The molecular formula is C34H31N3O4. The van der Waals surface area contributed by atoms with E-state index in [1.165, 1.54) is 12.7 Å². The first-order valence-corrected chi connectivity index (χ1v) is 13.9. The van der Waals surface area contributed by atoms with E-state index < -0.39 is 0 Å². The lowest BCUT2D eigenvalue weighted by molar-refractivity contribution is -0.122. The molecule has 1 N–H and O–H groups in total. The second-order valence-corrected chi connectivity index (χ2v) is 10.6. The van der Waals surface area contributed by atoms with Gasteiger partial charge in [0.25, 0.3) is 5.91 Å². The number of amides is 2. The van der Waals surface area contributed by atoms with E-state index in [1.807, 2.05) is 53.4 Å². The Morgan fingerprint density at radius 3 is 2.56 bits per heavy atom. The van der Waals surface area contributed by atoms with Gasteiger partial charge in [0.05, 0.1) is 12.7 Å². The Labute approximate surface area is 239 Å². The predicted octanol–water partition coefficient (Wildman–Crippen LogP) is 5.15. The van der Waals surface area contributed by atoms with Crippen molar-refractivity contribution >= 4 is 17.8 Å². The third-order valence-corrected chi connectivity index (χ3v) is 8.08. The lowest BCUT2D eigenvalue weighted by Crippen LogP contribution is -2.37. The number of methoxy groups -OCH3 is 1. The van der Waals surface area contributed by atoms with Crippen LogP contribution in [-0.2, 0) is 29.0 Å². The Kier molecular flexibility index (Phi) is 7.33. The summed E-state index contributed by atoms with van der Waals surface area (Å²) in [6.07, 6.45) is 3.13. The summed E-state index contributed by atoms with van der Waals surface area (Å²) in [7, 11) is 1.37. The number of aromatic nitrogens is 1. The van der Waals surface area contributed by atoms with Gasteiger partial charge in [-0.25, -0.2) is 4.79 Å². The molecule has 0 saturated heterocycles. The van der Waals surface area contributed by atoms with Gasteiger partial charge in [0.1, 0.15) is 5.69 Å². The van der Waals surface area contributed by atoms with E-state index in [9.17, 15) is 14.4 Å². The first-order valence-electron chi connectivity index (χ1n) is 13.9. The summed E-state index contributed by atoms with van der Waals surface area (Å²) >= 11 is 0. The van der Waals surface area contributed by atoms with Crippen molar-refractivity contribution in [3.05, 3.63) is 125 Å². The van der Waals surface area contributed by atoms with Gasteiger partial charge in [-0.2, -0.15) is 0 Å². The van der Waals surface area contributed by atoms with E-state index in [-0.39, 0.29) is 29.6 Å². The number of rotatable bonds is 7. The Bertz CT molecular complexity index is 1600. The molecule has 6 rings (SSSR count). The lowest BCUT2D eigenvalue weighted by atomic mass is 9.87. The number of ether oxygens (including phenoxy) is 1. The fourth-order valence-electron chi connectivity index (χ4n) is 5.80. The van der Waals surface area contributed by atoms with Crippen molar-refractivity contribution in [2.45, 2.75) is 31.8 Å². The van der Waals surface area contributed by atoms with Crippen LogP contribution < -0.4 is 5.32 Å². The molecule has 1 aromatic heterocycles. The Morgan fingerprint density at radius 2 is 1.78 bits per heavy atom. The molecule has 0 unspecified atom stereocenters. The highest BCUT2D eigenvalue weighted by molar-refractivity contribution is 5.93. The van der Waals surface area contributed by atoms with E-state index in [2.05, 4.69) is 28.5 Å². The average molecular weight is 546 g/mol. The minimum absolute atomic E-state index is 0.0178. The molecule has 2 heterocycles. The predicted molar refractivity (Wildman–Crippen MR) is 155 cm³/mol. The summed E-state index contributed by atoms with van der Waals surface area (Å²) in [5, 5.41) is 3.16. The number of hydrogen-bond donors (Lipinski definition) is 1. The van der Waals surface area contributed by atoms with Crippen molar-refractivity contribution in [1.82, 2.24) is 15.2 Å². The van der Waals surface area contributed by atoms with E-state index in [1.54, 1.807) is 24.4 Å². The van der Waals surface area contributed by atoms with Gasteiger partial charge < -0.3 is 15.0 Å². The van der Waals surface area contributed by atoms with Crippen LogP contribution in [-0.4, -0.2) is 41.3 Å². The first-order chi connectivity index (χ1) is 20.0. The van der Waals surface area contributed by atoms with Crippen molar-refractivity contribution in [3.8, 4) is 11.1 Å². The van der Waals surface area contributed by atoms with Crippen LogP contribution in [0, 0.1) is 5.92 Å². The monoisotopic (exact) mass is 545 g/mol. The van der Waals surface area contributed by atoms with Gasteiger partial charge in [0.2, 0.25) is 5.91 Å². The van der Waals surface area contributed by atoms with Crippen molar-refractivity contribution in [3.63, 3.8) is 0 Å². The van der Waals surface area contributed by atoms with Crippen LogP contribution in [0.2, 0.25) is 0 Å². The Hall–Kier alpha value is -4.78. The second-order valence-electron chi connectivity index (χ2n) is 10.6. The first kappa shape index (κ1) is 26.4. The summed E-state index contributed by atoms with van der Waals surface area (Å²) in [6.45, 7) is 1.34. The molecule has 2 amide bonds. The highest BCUT2D eigenvalue weighted by atomic mass is 16.5. The number of hydrogen-bond acceptors (Lipinski definition) is 5. The van der Waals surface area contributed by atoms with Crippen LogP contribution in [0.25, 0.3) is 11.1 Å². The zero-order chi connectivity index (χ0) is 28.3. The molecule has 1 aliphatic carbocycles. The number of carbonyl (C=O) groups excluding carboxylic acids is 3. The number of benzene rings is 3. The van der Waals surface area contributed by atoms with Crippen molar-refractivity contribution in [1.29, 1.82) is 0 Å². The van der Waals surface area contributed by atoms with Gasteiger partial charge in [0, 0.05) is 31.7 Å². The largest absolute Gasteiger partial charge is 0.465 e. The zero-order valence-corrected chi connectivity index (χ0v) is 22.9. The third kappa shape index (κ3) is 5.48. The minimum atomic E-state index is -0.388. The molecule has 7 heteroatoms. The number of carbonyl (C=O) groups is 3. The minimum Gasteiger partial charge on any atom is -0.465 e. The van der Waals surface area contributed by atoms with Gasteiger partial charge in [-0.05, 0) is 76.4 Å². The third-order valence-electron chi connectivity index (χ3n) is 8.08. The SMILES string of the molecule is COC(=O)c1cccc(-c2ccc(CNC(=O)[C@@H]3C[C@@H]3c3ccccc3)c3c2CCN(C(=O)c2ccccn2)C3)c1. The molecule has 1 saturated carbocycles. The van der Waals surface area contributed by atoms with E-state index in [4.69, 9.17) is 4.74 Å². The van der Waals surface area contributed by atoms with Gasteiger partial charge in [0.15, 0.2) is 0 Å². The standard InChI is InChI=1S/C34H31N3O4/c1-41-34(40)24-11-7-10-23(18-24)26-14-13-25(20-36-32(38)29-19-28(29)22-8-3-2-4-9-22)30-21-37(17-15-27(26)30)33(39)31-12-5-6-16-35-31/h2-14,16,18,28-29H,15,17,19-21H2,1H3,(H,36,38)/t28-,29-/m1/s1. The van der Waals surface area contributed by atoms with Gasteiger partial charge in [-0.1, -0.05) is 60.7 Å². The molecule has 1 fully saturated rings. The number of esters is 1. The van der Waals surface area contributed by atoms with Crippen LogP contribution in [0.5, 0.6) is 0 Å². The number of nitrogens with one attached hydrogen (secondary N) is 1. The number of pyridine rings is 1. The van der Waals surface area contributed by atoms with E-state index in [0.717, 1.165) is 34.2 Å². The molecule has 4 aromatic rings. The normalized spacial score (nSPS) is 17.3. The summed E-state index contributed by atoms with van der Waals surface area (Å²) in [6, 6.07) is 27.0. The lowest BCUT2D eigenvalue weighted by Gasteiger charge is -2.32. The molecule has 0 bridgehead atoms. The highest BCUT2D eigenvalue weighted by Crippen LogP contribution is 2.47. The number of nitrogens with zero attached hydrogens (tertiary/aromatic N) is 2. The molecule has 206 valence electrons. The van der Waals surface area contributed by atoms with Crippen LogP contribution in [0.15, 0.2) is 91.1 Å². The summed E-state index contributed by atoms with van der Waals surface area (Å²) < 4.78 is 4.93. The molecule has 2 aliphatic rings. The van der Waals surface area contributed by atoms with Crippen LogP contribution in [0.4, 0.5) is 0 Å². The molecule has 7 nitrogen and oxygen atoms in total. The average Bonchev–Trinajstić information content (AvgIpc) is 3.85. The van der Waals surface area contributed by atoms with Gasteiger partial charge in [-0.3, -0.25) is 14.6 Å². The van der Waals surface area contributed by atoms with Crippen LogP contribution >= 0.6 is 0 Å². The van der Waals surface area contributed by atoms with Crippen LogP contribution in [0.1, 0.15) is 55.4 Å². The molecule has 0 spiro atoms. The maximum atomic E-state index is 13.3. The quantitative estimate of drug-likeness (QED) is 0.325. The summed E-state index contributed by atoms with van der Waals surface area (Å²) in [4.78, 5) is 44.7. The van der Waals surface area contributed by atoms with Crippen molar-refractivity contribution in [2.75, 3.05) is 13.7 Å². The van der Waals surface area contributed by atoms with Gasteiger partial charge >= 0.3 is 5.97 Å². The second kappa shape index (κ2) is 11.4. The maximum absolute atomic E-state index is 13.3. The molecule has 0 radical (unpaired) electrons. The maximum Gasteiger partial charge on any atom is 0.337 e. The summed E-state index contributed by atoms with van der Waals surface area (Å²) in [5.74, 6) is -0.203. The van der Waals surface area contributed by atoms with Gasteiger partial charge in [-0.15, -0.1) is 0 Å². The highest BCUT2D eigenvalue weighted by Gasteiger charge is 2.43. The molecule has 1 aliphatic heterocycles. The topological polar surface area (TPSA) is 88.6 Å². The molecule has 2 atom stereocenters. The smallest absolute Gasteiger partial charge is 0.337 e. The zero-order valence-electron chi connectivity index (χ0n) is 22.9. The molecule has 41 heavy (non-hydrogen) atoms. The Balaban J connectivity index is 1.28.